The number of thiophene rings is 1. The fourth-order valence-corrected chi connectivity index (χ4v) is 5.22. The van der Waals surface area contributed by atoms with Crippen molar-refractivity contribution < 1.29 is 13.5 Å². The van der Waals surface area contributed by atoms with Crippen LogP contribution in [0.2, 0.25) is 0 Å². The van der Waals surface area contributed by atoms with Gasteiger partial charge >= 0.3 is 0 Å². The van der Waals surface area contributed by atoms with Gasteiger partial charge in [0.05, 0.1) is 11.5 Å². The number of rotatable bonds is 5. The third kappa shape index (κ3) is 3.35. The molecule has 0 bridgehead atoms. The van der Waals surface area contributed by atoms with Crippen molar-refractivity contribution in [1.82, 2.24) is 9.62 Å². The van der Waals surface area contributed by atoms with Crippen molar-refractivity contribution in [3.63, 3.8) is 0 Å². The van der Waals surface area contributed by atoms with E-state index in [1.807, 2.05) is 7.05 Å². The third-order valence-electron chi connectivity index (χ3n) is 3.45. The van der Waals surface area contributed by atoms with Crippen molar-refractivity contribution in [3.05, 3.63) is 15.8 Å². The van der Waals surface area contributed by atoms with E-state index < -0.39 is 10.0 Å². The molecular formula is C12H20N2O3S2. The predicted molar refractivity (Wildman–Crippen MR) is 75.8 cm³/mol. The van der Waals surface area contributed by atoms with Crippen LogP contribution in [-0.4, -0.2) is 45.1 Å². The van der Waals surface area contributed by atoms with Crippen LogP contribution in [0.1, 0.15) is 16.9 Å². The quantitative estimate of drug-likeness (QED) is 0.843. The molecular weight excluding hydrogens is 284 g/mol. The molecule has 1 fully saturated rings. The van der Waals surface area contributed by atoms with E-state index in [0.717, 1.165) is 19.5 Å². The summed E-state index contributed by atoms with van der Waals surface area (Å²) in [5.41, 5.74) is 0.699. The molecule has 2 rings (SSSR count). The Hall–Kier alpha value is -0.470. The number of aliphatic hydroxyl groups excluding tert-OH is 1. The molecule has 1 atom stereocenters. The van der Waals surface area contributed by atoms with Gasteiger partial charge in [-0.05, 0) is 43.8 Å². The third-order valence-corrected chi connectivity index (χ3v) is 6.32. The van der Waals surface area contributed by atoms with Crippen LogP contribution in [0, 0.1) is 12.8 Å². The molecule has 1 aromatic rings. The van der Waals surface area contributed by atoms with Crippen molar-refractivity contribution in [1.29, 1.82) is 0 Å². The first-order valence-electron chi connectivity index (χ1n) is 6.30. The number of nitrogens with zero attached hydrogens (tertiary/aromatic N) is 1. The van der Waals surface area contributed by atoms with Crippen LogP contribution in [-0.2, 0) is 16.6 Å². The first-order chi connectivity index (χ1) is 8.94. The summed E-state index contributed by atoms with van der Waals surface area (Å²) in [5.74, 6) is 0.372. The summed E-state index contributed by atoms with van der Waals surface area (Å²) < 4.78 is 27.3. The summed E-state index contributed by atoms with van der Waals surface area (Å²) in [6.07, 6.45) is 1.02. The Morgan fingerprint density at radius 2 is 2.32 bits per heavy atom. The Labute approximate surface area is 118 Å². The molecule has 2 heterocycles. The molecule has 0 saturated carbocycles. The zero-order valence-electron chi connectivity index (χ0n) is 11.2. The van der Waals surface area contributed by atoms with Gasteiger partial charge in [-0.3, -0.25) is 0 Å². The van der Waals surface area contributed by atoms with Crippen LogP contribution in [0.4, 0.5) is 0 Å². The highest BCUT2D eigenvalue weighted by Gasteiger charge is 2.25. The van der Waals surface area contributed by atoms with Crippen LogP contribution in [0.5, 0.6) is 0 Å². The lowest BCUT2D eigenvalue weighted by Crippen LogP contribution is -2.31. The molecule has 7 heteroatoms. The molecule has 0 radical (unpaired) electrons. The second kappa shape index (κ2) is 5.88. The normalized spacial score (nSPS) is 21.1. The van der Waals surface area contributed by atoms with Gasteiger partial charge in [0, 0.05) is 13.1 Å². The average Bonchev–Trinajstić information content (AvgIpc) is 2.93. The number of hydrogen-bond donors (Lipinski definition) is 2. The van der Waals surface area contributed by atoms with E-state index in [1.54, 1.807) is 12.3 Å². The molecule has 1 aliphatic heterocycles. The van der Waals surface area contributed by atoms with E-state index in [-0.39, 0.29) is 11.5 Å². The highest BCUT2D eigenvalue weighted by atomic mass is 32.2. The van der Waals surface area contributed by atoms with Gasteiger partial charge in [0.25, 0.3) is 0 Å². The number of hydrogen-bond acceptors (Lipinski definition) is 5. The smallest absolute Gasteiger partial charge is 0.242 e. The van der Waals surface area contributed by atoms with E-state index in [4.69, 9.17) is 0 Å². The second-order valence-corrected chi connectivity index (χ2v) is 7.77. The Bertz CT molecular complexity index is 539. The van der Waals surface area contributed by atoms with E-state index in [1.165, 1.54) is 11.3 Å². The van der Waals surface area contributed by atoms with Crippen LogP contribution in [0.15, 0.2) is 10.3 Å². The van der Waals surface area contributed by atoms with Crippen LogP contribution in [0.3, 0.4) is 0 Å². The van der Waals surface area contributed by atoms with Gasteiger partial charge in [-0.25, -0.2) is 13.1 Å². The van der Waals surface area contributed by atoms with Crippen molar-refractivity contribution in [2.24, 2.45) is 5.92 Å². The Morgan fingerprint density at radius 1 is 1.58 bits per heavy atom. The van der Waals surface area contributed by atoms with Gasteiger partial charge in [-0.1, -0.05) is 0 Å². The fourth-order valence-electron chi connectivity index (χ4n) is 2.45. The Balaban J connectivity index is 2.08. The summed E-state index contributed by atoms with van der Waals surface area (Å²) in [7, 11) is -1.47. The van der Waals surface area contributed by atoms with Crippen molar-refractivity contribution in [2.45, 2.75) is 24.8 Å². The summed E-state index contributed by atoms with van der Waals surface area (Å²) in [6.45, 7) is 3.94. The largest absolute Gasteiger partial charge is 0.391 e. The predicted octanol–water partition coefficient (Wildman–Crippen LogP) is 0.779. The molecule has 5 nitrogen and oxygen atoms in total. The topological polar surface area (TPSA) is 69.6 Å². The van der Waals surface area contributed by atoms with Crippen molar-refractivity contribution in [3.8, 4) is 0 Å². The lowest BCUT2D eigenvalue weighted by atomic mass is 10.1. The van der Waals surface area contributed by atoms with Gasteiger partial charge in [-0.2, -0.15) is 0 Å². The lowest BCUT2D eigenvalue weighted by molar-refractivity contribution is 0.282. The van der Waals surface area contributed by atoms with Crippen LogP contribution in [0.25, 0.3) is 0 Å². The Kier molecular flexibility index (Phi) is 4.62. The van der Waals surface area contributed by atoms with Crippen LogP contribution < -0.4 is 4.72 Å². The van der Waals surface area contributed by atoms with Gasteiger partial charge in [0.15, 0.2) is 0 Å². The monoisotopic (exact) mass is 304 g/mol. The SMILES string of the molecule is Cc1csc(CO)c1S(=O)(=O)NCC1CCN(C)C1. The summed E-state index contributed by atoms with van der Waals surface area (Å²) in [5, 5.41) is 11.0. The number of aliphatic hydroxyl groups is 1. The van der Waals surface area contributed by atoms with E-state index in [2.05, 4.69) is 9.62 Å². The first kappa shape index (κ1) is 14.9. The lowest BCUT2D eigenvalue weighted by Gasteiger charge is -2.13. The average molecular weight is 304 g/mol. The fraction of sp³-hybridized carbons (Fsp3) is 0.667. The van der Waals surface area contributed by atoms with Crippen molar-refractivity contribution in [2.75, 3.05) is 26.7 Å². The highest BCUT2D eigenvalue weighted by molar-refractivity contribution is 7.89. The molecule has 0 aliphatic carbocycles. The molecule has 0 amide bonds. The molecule has 1 aromatic heterocycles. The van der Waals surface area contributed by atoms with Gasteiger partial charge in [0.2, 0.25) is 10.0 Å². The number of likely N-dealkylation sites (tertiary alicyclic amines) is 1. The van der Waals surface area contributed by atoms with E-state index >= 15 is 0 Å². The zero-order chi connectivity index (χ0) is 14.0. The highest BCUT2D eigenvalue weighted by Crippen LogP contribution is 2.27. The molecule has 108 valence electrons. The summed E-state index contributed by atoms with van der Waals surface area (Å²) >= 11 is 1.28. The Morgan fingerprint density at radius 3 is 2.89 bits per heavy atom. The standard InChI is InChI=1S/C12H20N2O3S2/c1-9-8-18-11(7-15)12(9)19(16,17)13-5-10-3-4-14(2)6-10/h8,10,13,15H,3-7H2,1-2H3. The van der Waals surface area contributed by atoms with Gasteiger partial charge in [-0.15, -0.1) is 11.3 Å². The number of aryl methyl sites for hydroxylation is 1. The van der Waals surface area contributed by atoms with Crippen molar-refractivity contribution >= 4 is 21.4 Å². The molecule has 19 heavy (non-hydrogen) atoms. The molecule has 1 aliphatic rings. The number of nitrogens with one attached hydrogen (secondary N) is 1. The van der Waals surface area contributed by atoms with E-state index in [9.17, 15) is 13.5 Å². The van der Waals surface area contributed by atoms with Gasteiger partial charge < -0.3 is 10.0 Å². The summed E-state index contributed by atoms with van der Waals surface area (Å²) in [4.78, 5) is 2.97. The maximum absolute atomic E-state index is 12.3. The summed E-state index contributed by atoms with van der Waals surface area (Å²) in [6, 6.07) is 0. The molecule has 0 aromatic carbocycles. The van der Waals surface area contributed by atoms with Gasteiger partial charge in [0.1, 0.15) is 4.90 Å². The van der Waals surface area contributed by atoms with Crippen LogP contribution >= 0.6 is 11.3 Å². The maximum atomic E-state index is 12.3. The minimum absolute atomic E-state index is 0.235. The molecule has 1 saturated heterocycles. The molecule has 1 unspecified atom stereocenters. The molecule has 2 N–H and O–H groups in total. The first-order valence-corrected chi connectivity index (χ1v) is 8.66. The van der Waals surface area contributed by atoms with E-state index in [0.29, 0.717) is 22.9 Å². The minimum Gasteiger partial charge on any atom is -0.391 e. The minimum atomic E-state index is -3.51. The number of sulfonamides is 1. The second-order valence-electron chi connectivity index (χ2n) is 5.10. The zero-order valence-corrected chi connectivity index (χ0v) is 12.9. The maximum Gasteiger partial charge on any atom is 0.242 e. The molecule has 0 spiro atoms.